The highest BCUT2D eigenvalue weighted by Crippen LogP contribution is 2.25. The summed E-state index contributed by atoms with van der Waals surface area (Å²) in [7, 11) is 0. The van der Waals surface area contributed by atoms with E-state index >= 15 is 0 Å². The molecule has 5 nitrogen and oxygen atoms in total. The van der Waals surface area contributed by atoms with E-state index in [0.717, 1.165) is 22.3 Å². The Morgan fingerprint density at radius 1 is 1.44 bits per heavy atom. The third-order valence-corrected chi connectivity index (χ3v) is 3.00. The fourth-order valence-electron chi connectivity index (χ4n) is 1.58. The summed E-state index contributed by atoms with van der Waals surface area (Å²) in [5.74, 6) is 0. The number of halogens is 1. The third kappa shape index (κ3) is 1.98. The average molecular weight is 282 g/mol. The maximum absolute atomic E-state index is 6.18. The molecule has 0 aliphatic rings. The molecule has 2 aromatic heterocycles. The van der Waals surface area contributed by atoms with Gasteiger partial charge in [0.15, 0.2) is 0 Å². The molecule has 0 bridgehead atoms. The lowest BCUT2D eigenvalue weighted by Gasteiger charge is -2.13. The molecule has 0 saturated heterocycles. The van der Waals surface area contributed by atoms with Gasteiger partial charge in [-0.1, -0.05) is 0 Å². The zero-order valence-electron chi connectivity index (χ0n) is 8.84. The molecule has 0 aliphatic heterocycles. The molecule has 2 heterocycles. The number of hydrogen-bond acceptors (Lipinski definition) is 4. The number of nitrogens with zero attached hydrogens (tertiary/aromatic N) is 4. The molecule has 84 valence electrons. The maximum Gasteiger partial charge on any atom is 0.0751 e. The van der Waals surface area contributed by atoms with E-state index in [0.29, 0.717) is 0 Å². The zero-order chi connectivity index (χ0) is 11.5. The molecule has 0 aromatic carbocycles. The first-order valence-electron chi connectivity index (χ1n) is 4.97. The van der Waals surface area contributed by atoms with Crippen molar-refractivity contribution in [2.24, 2.45) is 5.73 Å². The molecule has 0 spiro atoms. The van der Waals surface area contributed by atoms with Gasteiger partial charge in [-0.25, -0.2) is 0 Å². The van der Waals surface area contributed by atoms with E-state index in [9.17, 15) is 0 Å². The number of aromatic nitrogens is 4. The lowest BCUT2D eigenvalue weighted by Crippen LogP contribution is -2.18. The highest BCUT2D eigenvalue weighted by atomic mass is 79.9. The van der Waals surface area contributed by atoms with Crippen molar-refractivity contribution < 1.29 is 0 Å². The van der Waals surface area contributed by atoms with Gasteiger partial charge in [-0.05, 0) is 34.5 Å². The van der Waals surface area contributed by atoms with E-state index in [2.05, 4.69) is 31.2 Å². The van der Waals surface area contributed by atoms with Crippen molar-refractivity contribution in [3.63, 3.8) is 0 Å². The van der Waals surface area contributed by atoms with Crippen LogP contribution in [-0.2, 0) is 6.54 Å². The number of rotatable bonds is 3. The van der Waals surface area contributed by atoms with Gasteiger partial charge in [-0.15, -0.1) is 0 Å². The molecule has 0 radical (unpaired) electrons. The molecule has 0 amide bonds. The van der Waals surface area contributed by atoms with Gasteiger partial charge < -0.3 is 5.73 Å². The molecule has 0 aliphatic carbocycles. The molecule has 16 heavy (non-hydrogen) atoms. The van der Waals surface area contributed by atoms with Crippen molar-refractivity contribution in [1.82, 2.24) is 20.0 Å². The van der Waals surface area contributed by atoms with E-state index in [1.165, 1.54) is 0 Å². The van der Waals surface area contributed by atoms with Gasteiger partial charge in [0.25, 0.3) is 0 Å². The summed E-state index contributed by atoms with van der Waals surface area (Å²) in [6.07, 6.45) is 5.06. The molecule has 6 heteroatoms. The Bertz CT molecular complexity index is 467. The second kappa shape index (κ2) is 4.71. The quantitative estimate of drug-likeness (QED) is 0.926. The van der Waals surface area contributed by atoms with Crippen molar-refractivity contribution in [3.05, 3.63) is 40.4 Å². The van der Waals surface area contributed by atoms with Gasteiger partial charge in [-0.2, -0.15) is 15.3 Å². The van der Waals surface area contributed by atoms with Crippen LogP contribution in [0.3, 0.4) is 0 Å². The summed E-state index contributed by atoms with van der Waals surface area (Å²) in [4.78, 5) is 0. The summed E-state index contributed by atoms with van der Waals surface area (Å²) in [5.41, 5.74) is 8.06. The van der Waals surface area contributed by atoms with E-state index in [4.69, 9.17) is 5.73 Å². The van der Waals surface area contributed by atoms with Gasteiger partial charge in [0, 0.05) is 12.7 Å². The van der Waals surface area contributed by atoms with Gasteiger partial charge in [0.1, 0.15) is 0 Å². The lowest BCUT2D eigenvalue weighted by atomic mass is 10.1. The van der Waals surface area contributed by atoms with Crippen LogP contribution in [0.25, 0.3) is 0 Å². The first-order chi connectivity index (χ1) is 7.74. The van der Waals surface area contributed by atoms with Gasteiger partial charge in [0.05, 0.1) is 28.6 Å². The van der Waals surface area contributed by atoms with Crippen molar-refractivity contribution in [3.8, 4) is 0 Å². The first kappa shape index (κ1) is 11.2. The summed E-state index contributed by atoms with van der Waals surface area (Å²) >= 11 is 3.46. The predicted octanol–water partition coefficient (Wildman–Crippen LogP) is 1.50. The Balaban J connectivity index is 2.41. The molecular formula is C10H12BrN5. The van der Waals surface area contributed by atoms with Crippen LogP contribution in [0.15, 0.2) is 29.1 Å². The predicted molar refractivity (Wildman–Crippen MR) is 63.7 cm³/mol. The minimum atomic E-state index is -0.243. The topological polar surface area (TPSA) is 69.6 Å². The van der Waals surface area contributed by atoms with Crippen LogP contribution in [-0.4, -0.2) is 20.0 Å². The highest BCUT2D eigenvalue weighted by Gasteiger charge is 2.17. The number of nitrogens with two attached hydrogens (primary N) is 1. The van der Waals surface area contributed by atoms with Gasteiger partial charge in [-0.3, -0.25) is 4.68 Å². The van der Waals surface area contributed by atoms with Crippen molar-refractivity contribution in [2.45, 2.75) is 19.5 Å². The van der Waals surface area contributed by atoms with Crippen molar-refractivity contribution >= 4 is 15.9 Å². The molecule has 0 saturated carbocycles. The standard InChI is InChI=1S/C10H12BrN5/c1-2-16-10(8(11)6-15-16)9(12)7-3-4-13-14-5-7/h3-6,9H,2,12H2,1H3. The van der Waals surface area contributed by atoms with Crippen molar-refractivity contribution in [1.29, 1.82) is 0 Å². The smallest absolute Gasteiger partial charge is 0.0751 e. The van der Waals surface area contributed by atoms with Crippen molar-refractivity contribution in [2.75, 3.05) is 0 Å². The minimum Gasteiger partial charge on any atom is -0.319 e. The molecule has 2 N–H and O–H groups in total. The van der Waals surface area contributed by atoms with Crippen LogP contribution in [0, 0.1) is 0 Å². The van der Waals surface area contributed by atoms with E-state index < -0.39 is 0 Å². The van der Waals surface area contributed by atoms with Gasteiger partial charge in [0.2, 0.25) is 0 Å². The SMILES string of the molecule is CCn1ncc(Br)c1C(N)c1ccnnc1. The second-order valence-electron chi connectivity index (χ2n) is 3.35. The zero-order valence-corrected chi connectivity index (χ0v) is 10.4. The van der Waals surface area contributed by atoms with Crippen LogP contribution in [0.1, 0.15) is 24.2 Å². The summed E-state index contributed by atoms with van der Waals surface area (Å²) in [5, 5.41) is 11.8. The van der Waals surface area contributed by atoms with Crippen LogP contribution < -0.4 is 5.73 Å². The molecule has 2 aromatic rings. The fourth-order valence-corrected chi connectivity index (χ4v) is 2.12. The second-order valence-corrected chi connectivity index (χ2v) is 4.20. The Morgan fingerprint density at radius 2 is 2.25 bits per heavy atom. The molecular weight excluding hydrogens is 270 g/mol. The average Bonchev–Trinajstić information content (AvgIpc) is 2.70. The van der Waals surface area contributed by atoms with Crippen LogP contribution in [0.4, 0.5) is 0 Å². The van der Waals surface area contributed by atoms with Crippen LogP contribution in [0.2, 0.25) is 0 Å². The molecule has 0 fully saturated rings. The van der Waals surface area contributed by atoms with E-state index in [1.807, 2.05) is 17.7 Å². The Kier molecular flexibility index (Phi) is 3.31. The normalized spacial score (nSPS) is 12.7. The summed E-state index contributed by atoms with van der Waals surface area (Å²) in [6, 6.07) is 1.62. The highest BCUT2D eigenvalue weighted by molar-refractivity contribution is 9.10. The summed E-state index contributed by atoms with van der Waals surface area (Å²) in [6.45, 7) is 2.81. The first-order valence-corrected chi connectivity index (χ1v) is 5.76. The Morgan fingerprint density at radius 3 is 2.88 bits per heavy atom. The Hall–Kier alpha value is -1.27. The molecule has 1 unspecified atom stereocenters. The molecule has 1 atom stereocenters. The monoisotopic (exact) mass is 281 g/mol. The number of aryl methyl sites for hydroxylation is 1. The summed E-state index contributed by atoms with van der Waals surface area (Å²) < 4.78 is 2.79. The van der Waals surface area contributed by atoms with Crippen LogP contribution in [0.5, 0.6) is 0 Å². The Labute approximate surface area is 102 Å². The maximum atomic E-state index is 6.18. The third-order valence-electron chi connectivity index (χ3n) is 2.39. The molecule has 2 rings (SSSR count). The van der Waals surface area contributed by atoms with E-state index in [-0.39, 0.29) is 6.04 Å². The largest absolute Gasteiger partial charge is 0.319 e. The number of hydrogen-bond donors (Lipinski definition) is 1. The fraction of sp³-hybridized carbons (Fsp3) is 0.300. The van der Waals surface area contributed by atoms with E-state index in [1.54, 1.807) is 18.6 Å². The lowest BCUT2D eigenvalue weighted by molar-refractivity contribution is 0.598. The van der Waals surface area contributed by atoms with Gasteiger partial charge >= 0.3 is 0 Å². The van der Waals surface area contributed by atoms with Crippen LogP contribution >= 0.6 is 15.9 Å². The minimum absolute atomic E-state index is 0.243.